The van der Waals surface area contributed by atoms with Gasteiger partial charge in [-0.05, 0) is 36.8 Å². The van der Waals surface area contributed by atoms with E-state index < -0.39 is 0 Å². The lowest BCUT2D eigenvalue weighted by molar-refractivity contribution is -0.113. The Morgan fingerprint density at radius 2 is 2.10 bits per heavy atom. The van der Waals surface area contributed by atoms with Crippen LogP contribution in [0.5, 0.6) is 0 Å². The van der Waals surface area contributed by atoms with Crippen molar-refractivity contribution in [3.63, 3.8) is 0 Å². The monoisotopic (exact) mass is 426 g/mol. The molecule has 3 rings (SSSR count). The highest BCUT2D eigenvalue weighted by Crippen LogP contribution is 2.22. The number of para-hydroxylation sites is 1. The second-order valence-corrected chi connectivity index (χ2v) is 7.71. The zero-order chi connectivity index (χ0) is 20.8. The molecular weight excluding hydrogens is 408 g/mol. The van der Waals surface area contributed by atoms with Crippen molar-refractivity contribution >= 4 is 45.9 Å². The summed E-state index contributed by atoms with van der Waals surface area (Å²) in [6.07, 6.45) is 1.80. The van der Waals surface area contributed by atoms with E-state index in [0.717, 1.165) is 12.8 Å². The van der Waals surface area contributed by atoms with Gasteiger partial charge < -0.3 is 5.32 Å². The molecule has 0 bridgehead atoms. The first-order chi connectivity index (χ1) is 14.0. The van der Waals surface area contributed by atoms with E-state index in [1.165, 1.54) is 17.8 Å². The number of nitrogens with zero attached hydrogens (tertiary/aromatic N) is 3. The molecule has 0 atom stereocenters. The molecule has 0 aliphatic carbocycles. The Morgan fingerprint density at radius 1 is 1.31 bits per heavy atom. The summed E-state index contributed by atoms with van der Waals surface area (Å²) >= 11 is 7.22. The third kappa shape index (κ3) is 4.97. The minimum Gasteiger partial charge on any atom is -0.325 e. The highest BCUT2D eigenvalue weighted by Gasteiger charge is 2.13. The zero-order valence-corrected chi connectivity index (χ0v) is 17.4. The number of fused-ring (bicyclic) bond motifs is 1. The number of nitriles is 1. The van der Waals surface area contributed by atoms with Crippen molar-refractivity contribution in [2.24, 2.45) is 0 Å². The van der Waals surface area contributed by atoms with Crippen LogP contribution < -0.4 is 10.9 Å². The normalized spacial score (nSPS) is 10.7. The summed E-state index contributed by atoms with van der Waals surface area (Å²) in [5, 5.41) is 13.1. The summed E-state index contributed by atoms with van der Waals surface area (Å²) in [5.41, 5.74) is 1.38. The average Bonchev–Trinajstić information content (AvgIpc) is 2.72. The van der Waals surface area contributed by atoms with Gasteiger partial charge >= 0.3 is 0 Å². The Hall–Kier alpha value is -2.82. The lowest BCUT2D eigenvalue weighted by Gasteiger charge is -2.13. The molecule has 2 aromatic carbocycles. The number of amides is 1. The third-order valence-corrected chi connectivity index (χ3v) is 5.56. The molecule has 0 fully saturated rings. The number of rotatable bonds is 7. The molecule has 0 spiro atoms. The second-order valence-electron chi connectivity index (χ2n) is 6.37. The van der Waals surface area contributed by atoms with Gasteiger partial charge in [0, 0.05) is 12.2 Å². The van der Waals surface area contributed by atoms with E-state index in [4.69, 9.17) is 16.9 Å². The van der Waals surface area contributed by atoms with Gasteiger partial charge in [0.05, 0.1) is 27.2 Å². The molecule has 29 heavy (non-hydrogen) atoms. The van der Waals surface area contributed by atoms with Gasteiger partial charge in [-0.1, -0.05) is 48.8 Å². The molecule has 0 aliphatic heterocycles. The van der Waals surface area contributed by atoms with Crippen molar-refractivity contribution in [2.75, 3.05) is 11.1 Å². The number of benzene rings is 2. The van der Waals surface area contributed by atoms with Gasteiger partial charge in [0.1, 0.15) is 6.07 Å². The van der Waals surface area contributed by atoms with Crippen LogP contribution in [0.15, 0.2) is 52.4 Å². The number of aromatic nitrogens is 2. The van der Waals surface area contributed by atoms with Gasteiger partial charge in [0.15, 0.2) is 5.16 Å². The van der Waals surface area contributed by atoms with Gasteiger partial charge in [-0.15, -0.1) is 0 Å². The number of carbonyl (C=O) groups is 1. The van der Waals surface area contributed by atoms with Crippen molar-refractivity contribution in [1.29, 1.82) is 5.26 Å². The van der Waals surface area contributed by atoms with Gasteiger partial charge in [0.25, 0.3) is 5.56 Å². The van der Waals surface area contributed by atoms with Gasteiger partial charge in [-0.25, -0.2) is 4.98 Å². The van der Waals surface area contributed by atoms with Crippen LogP contribution in [0.1, 0.15) is 25.3 Å². The highest BCUT2D eigenvalue weighted by atomic mass is 35.5. The second kappa shape index (κ2) is 9.59. The van der Waals surface area contributed by atoms with E-state index >= 15 is 0 Å². The molecule has 3 aromatic rings. The summed E-state index contributed by atoms with van der Waals surface area (Å²) in [7, 11) is 0. The van der Waals surface area contributed by atoms with Crippen molar-refractivity contribution in [1.82, 2.24) is 9.55 Å². The molecule has 0 aliphatic rings. The maximum atomic E-state index is 12.9. The molecule has 8 heteroatoms. The minimum atomic E-state index is -0.250. The lowest BCUT2D eigenvalue weighted by Crippen LogP contribution is -2.24. The van der Waals surface area contributed by atoms with Crippen molar-refractivity contribution in [3.8, 4) is 6.07 Å². The molecule has 148 valence electrons. The summed E-state index contributed by atoms with van der Waals surface area (Å²) < 4.78 is 1.64. The molecule has 1 heterocycles. The molecule has 1 amide bonds. The highest BCUT2D eigenvalue weighted by molar-refractivity contribution is 7.99. The number of unbranched alkanes of at least 4 members (excludes halogenated alkanes) is 1. The molecule has 1 N–H and O–H groups in total. The van der Waals surface area contributed by atoms with Crippen LogP contribution in [-0.2, 0) is 11.3 Å². The summed E-state index contributed by atoms with van der Waals surface area (Å²) in [5.74, 6) is -0.158. The molecule has 0 saturated heterocycles. The Bertz CT molecular complexity index is 1150. The number of nitrogens with one attached hydrogen (secondary N) is 1. The van der Waals surface area contributed by atoms with Gasteiger partial charge in [-0.3, -0.25) is 14.2 Å². The summed E-state index contributed by atoms with van der Waals surface area (Å²) in [4.78, 5) is 29.8. The molecule has 0 saturated carbocycles. The summed E-state index contributed by atoms with van der Waals surface area (Å²) in [6, 6.07) is 13.9. The van der Waals surface area contributed by atoms with Crippen molar-refractivity contribution < 1.29 is 4.79 Å². The predicted molar refractivity (Wildman–Crippen MR) is 116 cm³/mol. The Labute approximate surface area is 177 Å². The molecule has 6 nitrogen and oxygen atoms in total. The SMILES string of the molecule is CCCCn1c(SCC(=O)Nc2ccc(C#N)c(Cl)c2)nc2ccccc2c1=O. The number of halogens is 1. The van der Waals surface area contributed by atoms with Crippen LogP contribution in [0, 0.1) is 11.3 Å². The number of thioether (sulfide) groups is 1. The fourth-order valence-electron chi connectivity index (χ4n) is 2.78. The van der Waals surface area contributed by atoms with E-state index in [1.807, 2.05) is 18.2 Å². The predicted octanol–water partition coefficient (Wildman–Crippen LogP) is 4.45. The van der Waals surface area contributed by atoms with Crippen LogP contribution in [0.4, 0.5) is 5.69 Å². The van der Waals surface area contributed by atoms with Crippen molar-refractivity contribution in [3.05, 3.63) is 63.4 Å². The van der Waals surface area contributed by atoms with Crippen LogP contribution in [0.3, 0.4) is 0 Å². The molecular formula is C21H19ClN4O2S. The average molecular weight is 427 g/mol. The van der Waals surface area contributed by atoms with E-state index in [-0.39, 0.29) is 22.2 Å². The quantitative estimate of drug-likeness (QED) is 0.445. The molecule has 0 radical (unpaired) electrons. The van der Waals surface area contributed by atoms with Crippen LogP contribution in [-0.4, -0.2) is 21.2 Å². The number of carbonyl (C=O) groups excluding carboxylic acids is 1. The third-order valence-electron chi connectivity index (χ3n) is 4.27. The Morgan fingerprint density at radius 3 is 2.83 bits per heavy atom. The van der Waals surface area contributed by atoms with E-state index in [9.17, 15) is 9.59 Å². The molecule has 0 unspecified atom stereocenters. The largest absolute Gasteiger partial charge is 0.325 e. The van der Waals surface area contributed by atoms with Crippen molar-refractivity contribution in [2.45, 2.75) is 31.5 Å². The van der Waals surface area contributed by atoms with Crippen LogP contribution in [0.25, 0.3) is 10.9 Å². The standard InChI is InChI=1S/C21H19ClN4O2S/c1-2-3-10-26-20(28)16-6-4-5-7-18(16)25-21(26)29-13-19(27)24-15-9-8-14(12-23)17(22)11-15/h4-9,11H,2-3,10,13H2,1H3,(H,24,27). The van der Waals surface area contributed by atoms with E-state index in [0.29, 0.717) is 33.9 Å². The Balaban J connectivity index is 1.78. The maximum Gasteiger partial charge on any atom is 0.262 e. The van der Waals surface area contributed by atoms with E-state index in [1.54, 1.807) is 28.8 Å². The first-order valence-corrected chi connectivity index (χ1v) is 10.5. The number of anilines is 1. The van der Waals surface area contributed by atoms with Gasteiger partial charge in [-0.2, -0.15) is 5.26 Å². The number of hydrogen-bond donors (Lipinski definition) is 1. The van der Waals surface area contributed by atoms with Crippen LogP contribution >= 0.6 is 23.4 Å². The lowest BCUT2D eigenvalue weighted by atomic mass is 10.2. The van der Waals surface area contributed by atoms with E-state index in [2.05, 4.69) is 17.2 Å². The smallest absolute Gasteiger partial charge is 0.262 e. The van der Waals surface area contributed by atoms with Crippen LogP contribution in [0.2, 0.25) is 5.02 Å². The fraction of sp³-hybridized carbons (Fsp3) is 0.238. The Kier molecular flexibility index (Phi) is 6.91. The van der Waals surface area contributed by atoms with Gasteiger partial charge in [0.2, 0.25) is 5.91 Å². The fourth-order valence-corrected chi connectivity index (χ4v) is 3.83. The maximum absolute atomic E-state index is 12.9. The molecule has 1 aromatic heterocycles. The topological polar surface area (TPSA) is 87.8 Å². The first-order valence-electron chi connectivity index (χ1n) is 9.15. The number of hydrogen-bond acceptors (Lipinski definition) is 5. The summed E-state index contributed by atoms with van der Waals surface area (Å²) in [6.45, 7) is 2.62. The minimum absolute atomic E-state index is 0.0918. The zero-order valence-electron chi connectivity index (χ0n) is 15.8. The first kappa shape index (κ1) is 20.9.